The van der Waals surface area contributed by atoms with Gasteiger partial charge in [0.2, 0.25) is 0 Å². The summed E-state index contributed by atoms with van der Waals surface area (Å²) in [5.41, 5.74) is 1.09. The van der Waals surface area contributed by atoms with Crippen LogP contribution in [0.25, 0.3) is 0 Å². The Kier molecular flexibility index (Phi) is 4.70. The molecular weight excluding hydrogens is 288 g/mol. The molecule has 0 atom stereocenters. The quantitative estimate of drug-likeness (QED) is 0.794. The van der Waals surface area contributed by atoms with Crippen LogP contribution in [0.5, 0.6) is 5.75 Å². The smallest absolute Gasteiger partial charge is 0.338 e. The summed E-state index contributed by atoms with van der Waals surface area (Å²) in [4.78, 5) is 11.4. The maximum absolute atomic E-state index is 11.4. The molecule has 1 heterocycles. The highest BCUT2D eigenvalue weighted by molar-refractivity contribution is 7.10. The van der Waals surface area contributed by atoms with Crippen molar-refractivity contribution in [3.05, 3.63) is 39.9 Å². The maximum atomic E-state index is 11.4. The Balaban J connectivity index is 1.95. The highest BCUT2D eigenvalue weighted by Gasteiger charge is 2.08. The fourth-order valence-electron chi connectivity index (χ4n) is 1.34. The van der Waals surface area contributed by atoms with E-state index >= 15 is 0 Å². The third-order valence-electron chi connectivity index (χ3n) is 2.25. The van der Waals surface area contributed by atoms with E-state index in [1.807, 2.05) is 0 Å². The minimum atomic E-state index is -0.346. The molecule has 0 spiro atoms. The number of esters is 1. The second kappa shape index (κ2) is 6.49. The van der Waals surface area contributed by atoms with Gasteiger partial charge >= 0.3 is 5.97 Å². The van der Waals surface area contributed by atoms with E-state index in [0.717, 1.165) is 11.5 Å². The van der Waals surface area contributed by atoms with Gasteiger partial charge < -0.3 is 9.47 Å². The zero-order valence-electron chi connectivity index (χ0n) is 10.1. The number of nitrogens with zero attached hydrogens (tertiary/aromatic N) is 2. The standard InChI is InChI=1S/C12H11ClN2O3S/c1-2-17-12(16)8-3-5-9(6-4-8)18-7-10-11(13)19-15-14-10/h3-6H,2,7H2,1H3. The van der Waals surface area contributed by atoms with Gasteiger partial charge in [0.05, 0.1) is 12.2 Å². The van der Waals surface area contributed by atoms with E-state index in [4.69, 9.17) is 21.1 Å². The van der Waals surface area contributed by atoms with Gasteiger partial charge in [0.1, 0.15) is 22.4 Å². The zero-order chi connectivity index (χ0) is 13.7. The molecule has 0 unspecified atom stereocenters. The minimum Gasteiger partial charge on any atom is -0.487 e. The number of rotatable bonds is 5. The van der Waals surface area contributed by atoms with E-state index in [1.54, 1.807) is 31.2 Å². The third-order valence-corrected chi connectivity index (χ3v) is 3.23. The first-order valence-corrected chi connectivity index (χ1v) is 6.72. The molecule has 1 aromatic carbocycles. The van der Waals surface area contributed by atoms with Crippen LogP contribution in [0.15, 0.2) is 24.3 Å². The minimum absolute atomic E-state index is 0.244. The molecule has 7 heteroatoms. The Morgan fingerprint density at radius 2 is 2.11 bits per heavy atom. The van der Waals surface area contributed by atoms with Gasteiger partial charge in [0, 0.05) is 11.5 Å². The molecule has 0 aliphatic carbocycles. The summed E-state index contributed by atoms with van der Waals surface area (Å²) in [6, 6.07) is 6.68. The van der Waals surface area contributed by atoms with Crippen molar-refractivity contribution in [3.8, 4) is 5.75 Å². The lowest BCUT2D eigenvalue weighted by Gasteiger charge is -2.05. The lowest BCUT2D eigenvalue weighted by atomic mass is 10.2. The number of carbonyl (C=O) groups is 1. The number of halogens is 1. The summed E-state index contributed by atoms with van der Waals surface area (Å²) in [5.74, 6) is 0.276. The monoisotopic (exact) mass is 298 g/mol. The molecule has 19 heavy (non-hydrogen) atoms. The molecule has 0 N–H and O–H groups in total. The molecule has 5 nitrogen and oxygen atoms in total. The Hall–Kier alpha value is -1.66. The van der Waals surface area contributed by atoms with Crippen molar-refractivity contribution < 1.29 is 14.3 Å². The van der Waals surface area contributed by atoms with Crippen molar-refractivity contribution in [2.24, 2.45) is 0 Å². The molecular formula is C12H11ClN2O3S. The second-order valence-electron chi connectivity index (χ2n) is 3.53. The Morgan fingerprint density at radius 1 is 1.37 bits per heavy atom. The summed E-state index contributed by atoms with van der Waals surface area (Å²) in [6.45, 7) is 2.36. The Morgan fingerprint density at radius 3 is 2.68 bits per heavy atom. The van der Waals surface area contributed by atoms with Crippen molar-refractivity contribution >= 4 is 29.1 Å². The molecule has 2 aromatic rings. The van der Waals surface area contributed by atoms with E-state index < -0.39 is 0 Å². The summed E-state index contributed by atoms with van der Waals surface area (Å²) in [7, 11) is 0. The predicted molar refractivity (Wildman–Crippen MR) is 71.6 cm³/mol. The average Bonchev–Trinajstić information content (AvgIpc) is 2.83. The van der Waals surface area contributed by atoms with Crippen LogP contribution >= 0.6 is 23.1 Å². The van der Waals surface area contributed by atoms with Crippen molar-refractivity contribution in [3.63, 3.8) is 0 Å². The van der Waals surface area contributed by atoms with Gasteiger partial charge in [-0.2, -0.15) is 0 Å². The van der Waals surface area contributed by atoms with Crippen LogP contribution in [0.3, 0.4) is 0 Å². The van der Waals surface area contributed by atoms with Crippen LogP contribution in [0.2, 0.25) is 4.34 Å². The summed E-state index contributed by atoms with van der Waals surface area (Å²) >= 11 is 6.97. The molecule has 0 aliphatic heterocycles. The molecule has 0 saturated heterocycles. The van der Waals surface area contributed by atoms with Crippen LogP contribution in [0, 0.1) is 0 Å². The van der Waals surface area contributed by atoms with E-state index in [9.17, 15) is 4.79 Å². The van der Waals surface area contributed by atoms with Crippen LogP contribution in [-0.4, -0.2) is 22.2 Å². The van der Waals surface area contributed by atoms with Gasteiger partial charge in [0.15, 0.2) is 0 Å². The molecule has 0 saturated carbocycles. The topological polar surface area (TPSA) is 61.3 Å². The van der Waals surface area contributed by atoms with E-state index in [-0.39, 0.29) is 12.6 Å². The van der Waals surface area contributed by atoms with Crippen molar-refractivity contribution in [1.82, 2.24) is 9.59 Å². The number of hydrogen-bond acceptors (Lipinski definition) is 6. The van der Waals surface area contributed by atoms with Gasteiger partial charge in [-0.05, 0) is 31.2 Å². The van der Waals surface area contributed by atoms with Gasteiger partial charge in [-0.3, -0.25) is 0 Å². The molecule has 0 fully saturated rings. The molecule has 0 aliphatic rings. The molecule has 0 bridgehead atoms. The Bertz CT molecular complexity index is 556. The number of ether oxygens (including phenoxy) is 2. The largest absolute Gasteiger partial charge is 0.487 e. The van der Waals surface area contributed by atoms with E-state index in [1.165, 1.54) is 0 Å². The van der Waals surface area contributed by atoms with Gasteiger partial charge in [-0.15, -0.1) is 5.10 Å². The number of aromatic nitrogens is 2. The number of benzene rings is 1. The fraction of sp³-hybridized carbons (Fsp3) is 0.250. The Labute approximate surface area is 119 Å². The van der Waals surface area contributed by atoms with Crippen molar-refractivity contribution in [2.45, 2.75) is 13.5 Å². The van der Waals surface area contributed by atoms with Crippen LogP contribution < -0.4 is 4.74 Å². The summed E-state index contributed by atoms with van der Waals surface area (Å²) < 4.78 is 14.6. The third kappa shape index (κ3) is 3.65. The molecule has 0 radical (unpaired) electrons. The van der Waals surface area contributed by atoms with Crippen LogP contribution in [0.4, 0.5) is 0 Å². The first kappa shape index (κ1) is 13.8. The zero-order valence-corrected chi connectivity index (χ0v) is 11.7. The highest BCUT2D eigenvalue weighted by Crippen LogP contribution is 2.20. The maximum Gasteiger partial charge on any atom is 0.338 e. The number of carbonyl (C=O) groups excluding carboxylic acids is 1. The fourth-order valence-corrected chi connectivity index (χ4v) is 1.94. The second-order valence-corrected chi connectivity index (χ2v) is 4.88. The lowest BCUT2D eigenvalue weighted by Crippen LogP contribution is -2.04. The average molecular weight is 299 g/mol. The van der Waals surface area contributed by atoms with Crippen molar-refractivity contribution in [1.29, 1.82) is 0 Å². The predicted octanol–water partition coefficient (Wildman–Crippen LogP) is 2.95. The van der Waals surface area contributed by atoms with E-state index in [2.05, 4.69) is 9.59 Å². The van der Waals surface area contributed by atoms with Crippen LogP contribution in [-0.2, 0) is 11.3 Å². The normalized spacial score (nSPS) is 10.2. The number of hydrogen-bond donors (Lipinski definition) is 0. The molecule has 1 aromatic heterocycles. The first-order chi connectivity index (χ1) is 9.20. The molecule has 2 rings (SSSR count). The van der Waals surface area contributed by atoms with Gasteiger partial charge in [0.25, 0.3) is 0 Å². The van der Waals surface area contributed by atoms with Gasteiger partial charge in [-0.1, -0.05) is 16.1 Å². The summed E-state index contributed by atoms with van der Waals surface area (Å²) in [6.07, 6.45) is 0. The molecule has 100 valence electrons. The summed E-state index contributed by atoms with van der Waals surface area (Å²) in [5, 5.41) is 3.84. The highest BCUT2D eigenvalue weighted by atomic mass is 35.5. The van der Waals surface area contributed by atoms with Crippen molar-refractivity contribution in [2.75, 3.05) is 6.61 Å². The molecule has 0 amide bonds. The van der Waals surface area contributed by atoms with E-state index in [0.29, 0.717) is 28.0 Å². The first-order valence-electron chi connectivity index (χ1n) is 5.57. The lowest BCUT2D eigenvalue weighted by molar-refractivity contribution is 0.0526. The SMILES string of the molecule is CCOC(=O)c1ccc(OCc2nnsc2Cl)cc1. The van der Waals surface area contributed by atoms with Gasteiger partial charge in [-0.25, -0.2) is 4.79 Å². The van der Waals surface area contributed by atoms with Crippen LogP contribution in [0.1, 0.15) is 23.0 Å².